The second-order valence-electron chi connectivity index (χ2n) is 4.05. The fourth-order valence-electron chi connectivity index (χ4n) is 1.42. The van der Waals surface area contributed by atoms with Gasteiger partial charge in [0.15, 0.2) is 5.78 Å². The summed E-state index contributed by atoms with van der Waals surface area (Å²) in [5, 5.41) is 2.93. The van der Waals surface area contributed by atoms with Crippen molar-refractivity contribution in [1.82, 2.24) is 9.88 Å². The molecule has 3 nitrogen and oxygen atoms in total. The van der Waals surface area contributed by atoms with Crippen LogP contribution in [0.2, 0.25) is 0 Å². The maximum absolute atomic E-state index is 12.0. The number of carbonyl (C=O) groups is 1. The second-order valence-corrected chi connectivity index (χ2v) is 6.00. The van der Waals surface area contributed by atoms with Gasteiger partial charge in [0.2, 0.25) is 0 Å². The normalized spacial score (nSPS) is 11.1. The Morgan fingerprint density at radius 3 is 2.83 bits per heavy atom. The quantitative estimate of drug-likeness (QED) is 0.634. The Morgan fingerprint density at radius 2 is 2.22 bits per heavy atom. The van der Waals surface area contributed by atoms with Crippen LogP contribution in [0.25, 0.3) is 9.88 Å². The lowest BCUT2D eigenvalue weighted by atomic mass is 10.3. The first kappa shape index (κ1) is 13.0. The molecule has 0 N–H and O–H groups in total. The average Bonchev–Trinajstić information content (AvgIpc) is 2.94. The van der Waals surface area contributed by atoms with Crippen molar-refractivity contribution in [1.29, 1.82) is 0 Å². The van der Waals surface area contributed by atoms with Crippen LogP contribution in [0.3, 0.4) is 0 Å². The molecule has 2 aromatic rings. The van der Waals surface area contributed by atoms with E-state index in [0.717, 1.165) is 20.5 Å². The minimum atomic E-state index is 0.0153. The Morgan fingerprint density at radius 1 is 1.44 bits per heavy atom. The van der Waals surface area contributed by atoms with E-state index in [1.807, 2.05) is 43.4 Å². The summed E-state index contributed by atoms with van der Waals surface area (Å²) < 4.78 is 0. The third kappa shape index (κ3) is 2.86. The number of ketones is 1. The summed E-state index contributed by atoms with van der Waals surface area (Å²) in [6.45, 7) is 1.88. The van der Waals surface area contributed by atoms with E-state index < -0.39 is 0 Å². The van der Waals surface area contributed by atoms with Gasteiger partial charge in [0.05, 0.1) is 15.4 Å². The number of nitrogens with zero attached hydrogens (tertiary/aromatic N) is 2. The first-order chi connectivity index (χ1) is 8.58. The Bertz CT molecular complexity index is 568. The molecule has 94 valence electrons. The summed E-state index contributed by atoms with van der Waals surface area (Å²) in [5.41, 5.74) is 0.803. The van der Waals surface area contributed by atoms with Gasteiger partial charge in [0.1, 0.15) is 5.01 Å². The number of aromatic nitrogens is 1. The first-order valence-electron chi connectivity index (χ1n) is 5.48. The molecule has 0 aliphatic rings. The number of hydrogen-bond acceptors (Lipinski definition) is 5. The molecule has 2 heterocycles. The van der Waals surface area contributed by atoms with Crippen molar-refractivity contribution < 1.29 is 4.79 Å². The smallest absolute Gasteiger partial charge is 0.199 e. The molecule has 0 atom stereocenters. The maximum atomic E-state index is 12.0. The number of allylic oxidation sites excluding steroid dienone is 1. The molecule has 0 saturated heterocycles. The van der Waals surface area contributed by atoms with Crippen LogP contribution in [0.15, 0.2) is 29.8 Å². The Kier molecular flexibility index (Phi) is 3.93. The molecular formula is C13H14N2OS2. The molecule has 2 aromatic heterocycles. The highest BCUT2D eigenvalue weighted by molar-refractivity contribution is 7.22. The van der Waals surface area contributed by atoms with Crippen molar-refractivity contribution in [3.8, 4) is 9.88 Å². The molecule has 0 aliphatic heterocycles. The highest BCUT2D eigenvalue weighted by Gasteiger charge is 2.14. The topological polar surface area (TPSA) is 33.2 Å². The van der Waals surface area contributed by atoms with Crippen LogP contribution >= 0.6 is 22.7 Å². The van der Waals surface area contributed by atoms with Gasteiger partial charge < -0.3 is 4.90 Å². The predicted octanol–water partition coefficient (Wildman–Crippen LogP) is 3.44. The van der Waals surface area contributed by atoms with Gasteiger partial charge in [-0.3, -0.25) is 4.79 Å². The number of hydrogen-bond donors (Lipinski definition) is 0. The monoisotopic (exact) mass is 278 g/mol. The largest absolute Gasteiger partial charge is 0.383 e. The summed E-state index contributed by atoms with van der Waals surface area (Å²) in [6, 6.07) is 4.01. The molecule has 0 amide bonds. The van der Waals surface area contributed by atoms with E-state index in [0.29, 0.717) is 0 Å². The van der Waals surface area contributed by atoms with Crippen molar-refractivity contribution in [3.63, 3.8) is 0 Å². The minimum Gasteiger partial charge on any atom is -0.383 e. The van der Waals surface area contributed by atoms with E-state index in [9.17, 15) is 4.79 Å². The summed E-state index contributed by atoms with van der Waals surface area (Å²) in [5.74, 6) is 0.0153. The molecule has 0 saturated carbocycles. The highest BCUT2D eigenvalue weighted by atomic mass is 32.1. The van der Waals surface area contributed by atoms with Crippen LogP contribution in [0.5, 0.6) is 0 Å². The molecule has 18 heavy (non-hydrogen) atoms. The fraction of sp³-hybridized carbons (Fsp3) is 0.231. The third-order valence-electron chi connectivity index (χ3n) is 2.28. The molecule has 0 bridgehead atoms. The molecule has 0 radical (unpaired) electrons. The predicted molar refractivity (Wildman–Crippen MR) is 77.3 cm³/mol. The van der Waals surface area contributed by atoms with Crippen molar-refractivity contribution in [2.45, 2.75) is 6.92 Å². The van der Waals surface area contributed by atoms with Crippen LogP contribution in [0, 0.1) is 6.92 Å². The van der Waals surface area contributed by atoms with Crippen molar-refractivity contribution in [3.05, 3.63) is 40.4 Å². The molecule has 0 aliphatic carbocycles. The minimum absolute atomic E-state index is 0.0153. The van der Waals surface area contributed by atoms with Gasteiger partial charge in [-0.25, -0.2) is 4.98 Å². The lowest BCUT2D eigenvalue weighted by molar-refractivity contribution is 0.104. The van der Waals surface area contributed by atoms with Crippen molar-refractivity contribution >= 4 is 28.5 Å². The van der Waals surface area contributed by atoms with Crippen LogP contribution in [-0.4, -0.2) is 29.8 Å². The standard InChI is InChI=1S/C13H14N2OS2/c1-9-12(10(16)6-7-15(2)3)18-13(14-9)11-5-4-8-17-11/h4-8H,1-3H3/b7-6-. The van der Waals surface area contributed by atoms with E-state index in [1.54, 1.807) is 23.6 Å². The summed E-state index contributed by atoms with van der Waals surface area (Å²) >= 11 is 3.10. The van der Waals surface area contributed by atoms with E-state index in [-0.39, 0.29) is 5.78 Å². The van der Waals surface area contributed by atoms with Crippen LogP contribution in [0.1, 0.15) is 15.4 Å². The van der Waals surface area contributed by atoms with Crippen molar-refractivity contribution in [2.24, 2.45) is 0 Å². The van der Waals surface area contributed by atoms with E-state index in [1.165, 1.54) is 11.3 Å². The fourth-order valence-corrected chi connectivity index (χ4v) is 3.21. The number of aryl methyl sites for hydroxylation is 1. The summed E-state index contributed by atoms with van der Waals surface area (Å²) in [4.78, 5) is 20.1. The Hall–Kier alpha value is -1.46. The molecule has 0 fully saturated rings. The van der Waals surface area contributed by atoms with Gasteiger partial charge in [-0.05, 0) is 18.4 Å². The zero-order valence-electron chi connectivity index (χ0n) is 10.5. The van der Waals surface area contributed by atoms with Gasteiger partial charge in [0, 0.05) is 26.4 Å². The SMILES string of the molecule is Cc1nc(-c2cccs2)sc1C(=O)/C=C\N(C)C. The first-order valence-corrected chi connectivity index (χ1v) is 7.18. The molecule has 2 rings (SSSR count). The summed E-state index contributed by atoms with van der Waals surface area (Å²) in [7, 11) is 3.78. The van der Waals surface area contributed by atoms with Gasteiger partial charge in [-0.2, -0.15) is 0 Å². The molecular weight excluding hydrogens is 264 g/mol. The van der Waals surface area contributed by atoms with Crippen molar-refractivity contribution in [2.75, 3.05) is 14.1 Å². The summed E-state index contributed by atoms with van der Waals surface area (Å²) in [6.07, 6.45) is 3.34. The highest BCUT2D eigenvalue weighted by Crippen LogP contribution is 2.31. The Balaban J connectivity index is 2.27. The third-order valence-corrected chi connectivity index (χ3v) is 4.49. The van der Waals surface area contributed by atoms with E-state index in [2.05, 4.69) is 4.98 Å². The van der Waals surface area contributed by atoms with Gasteiger partial charge in [-0.1, -0.05) is 6.07 Å². The lowest BCUT2D eigenvalue weighted by Crippen LogP contribution is -2.02. The van der Waals surface area contributed by atoms with E-state index >= 15 is 0 Å². The zero-order chi connectivity index (χ0) is 13.1. The average molecular weight is 278 g/mol. The van der Waals surface area contributed by atoms with Gasteiger partial charge in [-0.15, -0.1) is 22.7 Å². The van der Waals surface area contributed by atoms with Crippen LogP contribution < -0.4 is 0 Å². The second kappa shape index (κ2) is 5.46. The van der Waals surface area contributed by atoms with Crippen LogP contribution in [-0.2, 0) is 0 Å². The molecule has 0 unspecified atom stereocenters. The van der Waals surface area contributed by atoms with Crippen LogP contribution in [0.4, 0.5) is 0 Å². The zero-order valence-corrected chi connectivity index (χ0v) is 12.1. The van der Waals surface area contributed by atoms with E-state index in [4.69, 9.17) is 0 Å². The number of rotatable bonds is 4. The number of thiophene rings is 1. The maximum Gasteiger partial charge on any atom is 0.199 e. The lowest BCUT2D eigenvalue weighted by Gasteiger charge is -2.01. The molecule has 5 heteroatoms. The van der Waals surface area contributed by atoms with Gasteiger partial charge >= 0.3 is 0 Å². The number of thiazole rings is 1. The Labute approximate surface area is 114 Å². The molecule has 0 aromatic carbocycles. The molecule has 0 spiro atoms. The number of carbonyl (C=O) groups excluding carboxylic acids is 1. The van der Waals surface area contributed by atoms with Gasteiger partial charge in [0.25, 0.3) is 0 Å².